The number of hydrogen-bond donors (Lipinski definition) is 3. The molecule has 8 nitrogen and oxygen atoms in total. The van der Waals surface area contributed by atoms with Crippen LogP contribution in [0.3, 0.4) is 0 Å². The Labute approximate surface area is 159 Å². The van der Waals surface area contributed by atoms with Crippen LogP contribution in [0, 0.1) is 0 Å². The van der Waals surface area contributed by atoms with Crippen LogP contribution in [-0.2, 0) is 27.4 Å². The molecule has 1 saturated heterocycles. The van der Waals surface area contributed by atoms with Crippen molar-refractivity contribution in [2.45, 2.75) is 38.1 Å². The highest BCUT2D eigenvalue weighted by molar-refractivity contribution is 7.09. The summed E-state index contributed by atoms with van der Waals surface area (Å²) in [4.78, 5) is 39.3. The maximum absolute atomic E-state index is 12.1. The summed E-state index contributed by atoms with van der Waals surface area (Å²) in [6.45, 7) is 0.526. The predicted octanol–water partition coefficient (Wildman–Crippen LogP) is 1.32. The highest BCUT2D eigenvalue weighted by atomic mass is 32.1. The normalized spacial score (nSPS) is 18.8. The van der Waals surface area contributed by atoms with Gasteiger partial charge in [-0.3, -0.25) is 9.59 Å². The number of ether oxygens (including phenoxy) is 1. The number of nitrogens with zero attached hydrogens (tertiary/aromatic N) is 1. The van der Waals surface area contributed by atoms with Crippen LogP contribution >= 0.6 is 11.3 Å². The number of thiazole rings is 1. The Balaban J connectivity index is 1.44. The maximum Gasteiger partial charge on any atom is 0.332 e. The number of benzene rings is 1. The van der Waals surface area contributed by atoms with Gasteiger partial charge in [-0.25, -0.2) is 9.78 Å². The van der Waals surface area contributed by atoms with Crippen molar-refractivity contribution < 1.29 is 24.2 Å². The highest BCUT2D eigenvalue weighted by Gasteiger charge is 2.34. The Morgan fingerprint density at radius 3 is 2.56 bits per heavy atom. The summed E-state index contributed by atoms with van der Waals surface area (Å²) in [5.74, 6) is -1.57. The quantitative estimate of drug-likeness (QED) is 0.657. The zero-order valence-electron chi connectivity index (χ0n) is 14.4. The first-order valence-corrected chi connectivity index (χ1v) is 9.33. The minimum atomic E-state index is -1.05. The molecule has 1 fully saturated rings. The number of hydrogen-bond acceptors (Lipinski definition) is 6. The van der Waals surface area contributed by atoms with Gasteiger partial charge in [0.15, 0.2) is 6.10 Å². The molecule has 0 saturated carbocycles. The zero-order valence-corrected chi connectivity index (χ0v) is 15.2. The minimum Gasteiger partial charge on any atom is -0.479 e. The first-order valence-electron chi connectivity index (χ1n) is 8.45. The number of aliphatic carboxylic acids is 1. The van der Waals surface area contributed by atoms with E-state index in [2.05, 4.69) is 15.6 Å². The topological polar surface area (TPSA) is 118 Å². The van der Waals surface area contributed by atoms with Crippen LogP contribution in [0.4, 0.5) is 0 Å². The second-order valence-corrected chi connectivity index (χ2v) is 6.97. The van der Waals surface area contributed by atoms with E-state index in [1.807, 2.05) is 6.07 Å². The number of carboxylic acids is 1. The molecule has 0 bridgehead atoms. The Hall–Kier alpha value is -2.78. The number of amides is 2. The summed E-state index contributed by atoms with van der Waals surface area (Å²) in [7, 11) is 0. The third-order valence-electron chi connectivity index (χ3n) is 4.07. The Morgan fingerprint density at radius 1 is 1.11 bits per heavy atom. The molecule has 1 aliphatic rings. The van der Waals surface area contributed by atoms with Crippen molar-refractivity contribution in [1.82, 2.24) is 15.6 Å². The molecular weight excluding hydrogens is 370 g/mol. The van der Waals surface area contributed by atoms with E-state index in [-0.39, 0.29) is 18.4 Å². The summed E-state index contributed by atoms with van der Waals surface area (Å²) < 4.78 is 5.21. The fourth-order valence-electron chi connectivity index (χ4n) is 2.66. The molecular formula is C18H19N3O5S. The van der Waals surface area contributed by atoms with Crippen molar-refractivity contribution in [1.29, 1.82) is 0 Å². The molecule has 0 unspecified atom stereocenters. The van der Waals surface area contributed by atoms with Crippen molar-refractivity contribution in [2.24, 2.45) is 0 Å². The molecule has 27 heavy (non-hydrogen) atoms. The van der Waals surface area contributed by atoms with Gasteiger partial charge in [-0.2, -0.15) is 0 Å². The molecule has 1 aliphatic heterocycles. The van der Waals surface area contributed by atoms with Gasteiger partial charge in [0.2, 0.25) is 5.91 Å². The van der Waals surface area contributed by atoms with E-state index in [1.54, 1.807) is 29.6 Å². The lowest BCUT2D eigenvalue weighted by molar-refractivity contribution is -0.151. The van der Waals surface area contributed by atoms with Crippen molar-refractivity contribution in [2.75, 3.05) is 0 Å². The molecule has 9 heteroatoms. The predicted molar refractivity (Wildman–Crippen MR) is 97.1 cm³/mol. The minimum absolute atomic E-state index is 0.174. The standard InChI is InChI=1S/C18H19N3O5S/c22-16(11-4-2-1-3-5-11)20-9-15-21-12(10-27-15)8-19-17(23)13-6-7-14(26-13)18(24)25/h1-5,10,13-14H,6-9H2,(H,19,23)(H,20,22)(H,24,25)/t13-,14+/m0/s1. The lowest BCUT2D eigenvalue weighted by Gasteiger charge is -2.10. The zero-order chi connectivity index (χ0) is 19.2. The number of nitrogens with one attached hydrogen (secondary N) is 2. The Bertz CT molecular complexity index is 823. The van der Waals surface area contributed by atoms with E-state index in [9.17, 15) is 14.4 Å². The molecule has 2 amide bonds. The van der Waals surface area contributed by atoms with Crippen LogP contribution < -0.4 is 10.6 Å². The maximum atomic E-state index is 12.1. The summed E-state index contributed by atoms with van der Waals surface area (Å²) in [6.07, 6.45) is -0.944. The second kappa shape index (κ2) is 8.74. The smallest absolute Gasteiger partial charge is 0.332 e. The molecule has 1 aromatic heterocycles. The van der Waals surface area contributed by atoms with Crippen LogP contribution in [-0.4, -0.2) is 40.1 Å². The molecule has 2 atom stereocenters. The fraction of sp³-hybridized carbons (Fsp3) is 0.333. The third kappa shape index (κ3) is 5.11. The largest absolute Gasteiger partial charge is 0.479 e. The summed E-state index contributed by atoms with van der Waals surface area (Å²) in [6, 6.07) is 8.91. The molecule has 3 rings (SSSR count). The summed E-state index contributed by atoms with van der Waals surface area (Å²) >= 11 is 1.39. The molecule has 0 aliphatic carbocycles. The van der Waals surface area contributed by atoms with E-state index >= 15 is 0 Å². The SMILES string of the molecule is O=C(NCc1nc(CNC(=O)[C@@H]2CC[C@H](C(=O)O)O2)cs1)c1ccccc1. The van der Waals surface area contributed by atoms with Gasteiger partial charge in [-0.1, -0.05) is 18.2 Å². The van der Waals surface area contributed by atoms with Crippen LogP contribution in [0.5, 0.6) is 0 Å². The van der Waals surface area contributed by atoms with Crippen molar-refractivity contribution in [3.05, 3.63) is 52.0 Å². The van der Waals surface area contributed by atoms with Gasteiger partial charge in [0.1, 0.15) is 11.1 Å². The first-order chi connectivity index (χ1) is 13.0. The Kier molecular flexibility index (Phi) is 6.15. The molecule has 0 spiro atoms. The number of aromatic nitrogens is 1. The van der Waals surface area contributed by atoms with Crippen molar-refractivity contribution >= 4 is 29.1 Å². The van der Waals surface area contributed by atoms with E-state index in [0.717, 1.165) is 5.01 Å². The summed E-state index contributed by atoms with van der Waals surface area (Å²) in [5.41, 5.74) is 1.25. The second-order valence-electron chi connectivity index (χ2n) is 6.03. The number of carbonyl (C=O) groups is 3. The Morgan fingerprint density at radius 2 is 1.85 bits per heavy atom. The van der Waals surface area contributed by atoms with Crippen molar-refractivity contribution in [3.63, 3.8) is 0 Å². The molecule has 2 aromatic rings. The molecule has 142 valence electrons. The van der Waals surface area contributed by atoms with Gasteiger partial charge in [-0.05, 0) is 25.0 Å². The third-order valence-corrected chi connectivity index (χ3v) is 4.96. The van der Waals surface area contributed by atoms with Gasteiger partial charge in [0.25, 0.3) is 5.91 Å². The molecule has 1 aromatic carbocycles. The van der Waals surface area contributed by atoms with E-state index < -0.39 is 18.2 Å². The number of carbonyl (C=O) groups excluding carboxylic acids is 2. The van der Waals surface area contributed by atoms with Gasteiger partial charge >= 0.3 is 5.97 Å². The summed E-state index contributed by atoms with van der Waals surface area (Å²) in [5, 5.41) is 16.9. The molecule has 3 N–H and O–H groups in total. The lowest BCUT2D eigenvalue weighted by Crippen LogP contribution is -2.35. The van der Waals surface area contributed by atoms with Gasteiger partial charge < -0.3 is 20.5 Å². The highest BCUT2D eigenvalue weighted by Crippen LogP contribution is 2.20. The molecule has 0 radical (unpaired) electrons. The van der Waals surface area contributed by atoms with Gasteiger partial charge in [-0.15, -0.1) is 11.3 Å². The average molecular weight is 389 g/mol. The lowest BCUT2D eigenvalue weighted by atomic mass is 10.2. The monoisotopic (exact) mass is 389 g/mol. The van der Waals surface area contributed by atoms with E-state index in [0.29, 0.717) is 30.6 Å². The average Bonchev–Trinajstić information content (AvgIpc) is 3.34. The van der Waals surface area contributed by atoms with Crippen LogP contribution in [0.15, 0.2) is 35.7 Å². The fourth-order valence-corrected chi connectivity index (χ4v) is 3.40. The number of carboxylic acid groups (broad SMARTS) is 1. The van der Waals surface area contributed by atoms with Gasteiger partial charge in [0, 0.05) is 10.9 Å². The van der Waals surface area contributed by atoms with E-state index in [4.69, 9.17) is 9.84 Å². The van der Waals surface area contributed by atoms with Crippen LogP contribution in [0.1, 0.15) is 33.9 Å². The van der Waals surface area contributed by atoms with Gasteiger partial charge in [0.05, 0.1) is 18.8 Å². The van der Waals surface area contributed by atoms with Crippen molar-refractivity contribution in [3.8, 4) is 0 Å². The van der Waals surface area contributed by atoms with Crippen LogP contribution in [0.25, 0.3) is 0 Å². The number of rotatable bonds is 7. The molecule has 2 heterocycles. The first kappa shape index (κ1) is 19.0. The van der Waals surface area contributed by atoms with Crippen LogP contribution in [0.2, 0.25) is 0 Å². The van der Waals surface area contributed by atoms with E-state index in [1.165, 1.54) is 11.3 Å².